The summed E-state index contributed by atoms with van der Waals surface area (Å²) in [7, 11) is 0. The van der Waals surface area contributed by atoms with Gasteiger partial charge in [0, 0.05) is 27.6 Å². The Kier molecular flexibility index (Phi) is 9.21. The van der Waals surface area contributed by atoms with Crippen LogP contribution in [0.15, 0.2) is 279 Å². The van der Waals surface area contributed by atoms with Crippen molar-refractivity contribution in [2.45, 2.75) is 5.41 Å². The van der Waals surface area contributed by atoms with E-state index in [1.165, 1.54) is 99.5 Å². The number of fused-ring (bicyclic) bond motifs is 13. The second-order valence-corrected chi connectivity index (χ2v) is 19.5. The van der Waals surface area contributed by atoms with Gasteiger partial charge in [0.15, 0.2) is 0 Å². The lowest BCUT2D eigenvalue weighted by molar-refractivity contribution is 0.748. The number of hydrogen-bond acceptors (Lipinski definition) is 1. The van der Waals surface area contributed by atoms with Gasteiger partial charge in [-0.3, -0.25) is 0 Å². The second-order valence-electron chi connectivity index (χ2n) is 19.5. The molecule has 1 aliphatic heterocycles. The molecule has 1 spiro atoms. The van der Waals surface area contributed by atoms with E-state index in [0.717, 1.165) is 33.8 Å². The number of benzene rings is 12. The number of hydrogen-bond donors (Lipinski definition) is 0. The van der Waals surface area contributed by atoms with Gasteiger partial charge in [-0.25, -0.2) is 0 Å². The Labute approximate surface area is 425 Å². The molecule has 2 nitrogen and oxygen atoms in total. The summed E-state index contributed by atoms with van der Waals surface area (Å²) in [5, 5.41) is 5.01. The van der Waals surface area contributed by atoms with Gasteiger partial charge in [0.05, 0.1) is 33.5 Å². The summed E-state index contributed by atoms with van der Waals surface area (Å²) in [6.07, 6.45) is 0. The zero-order chi connectivity index (χ0) is 48.0. The van der Waals surface area contributed by atoms with Crippen molar-refractivity contribution in [3.8, 4) is 61.3 Å². The molecule has 1 atom stereocenters. The highest BCUT2D eigenvalue weighted by Crippen LogP contribution is 2.62. The maximum atomic E-state index is 2.54. The van der Waals surface area contributed by atoms with Crippen LogP contribution in [0.25, 0.3) is 93.9 Å². The van der Waals surface area contributed by atoms with Gasteiger partial charge in [-0.2, -0.15) is 0 Å². The minimum Gasteiger partial charge on any atom is -0.309 e. The van der Waals surface area contributed by atoms with E-state index in [0.29, 0.717) is 0 Å². The molecule has 73 heavy (non-hydrogen) atoms. The van der Waals surface area contributed by atoms with Crippen LogP contribution in [0.1, 0.15) is 22.3 Å². The first-order chi connectivity index (χ1) is 36.3. The van der Waals surface area contributed by atoms with Crippen LogP contribution < -0.4 is 4.90 Å². The predicted molar refractivity (Wildman–Crippen MR) is 306 cm³/mol. The normalized spacial score (nSPS) is 14.1. The Morgan fingerprint density at radius 3 is 1.63 bits per heavy atom. The van der Waals surface area contributed by atoms with Gasteiger partial charge in [-0.15, -0.1) is 0 Å². The number of aromatic nitrogens is 1. The maximum absolute atomic E-state index is 2.54. The van der Waals surface area contributed by atoms with Gasteiger partial charge in [-0.05, 0) is 114 Å². The molecule has 1 unspecified atom stereocenters. The molecule has 2 heteroatoms. The topological polar surface area (TPSA) is 8.17 Å². The number of para-hydroxylation sites is 5. The third-order valence-corrected chi connectivity index (χ3v) is 15.8. The van der Waals surface area contributed by atoms with Crippen molar-refractivity contribution >= 4 is 49.6 Å². The first-order valence-electron chi connectivity index (χ1n) is 25.3. The van der Waals surface area contributed by atoms with Crippen molar-refractivity contribution in [2.24, 2.45) is 0 Å². The van der Waals surface area contributed by atoms with Crippen LogP contribution in [-0.4, -0.2) is 4.57 Å². The summed E-state index contributed by atoms with van der Waals surface area (Å²) >= 11 is 0. The minimum absolute atomic E-state index is 0.610. The molecule has 0 fully saturated rings. The molecule has 2 aliphatic rings. The zero-order valence-electron chi connectivity index (χ0n) is 40.0. The molecule has 0 radical (unpaired) electrons. The zero-order valence-corrected chi connectivity index (χ0v) is 40.0. The van der Waals surface area contributed by atoms with E-state index in [4.69, 9.17) is 0 Å². The monoisotopic (exact) mass is 926 g/mol. The Bertz CT molecular complexity index is 4330. The highest BCUT2D eigenvalue weighted by Gasteiger charge is 2.51. The van der Waals surface area contributed by atoms with Gasteiger partial charge >= 0.3 is 0 Å². The first-order valence-corrected chi connectivity index (χ1v) is 25.3. The minimum atomic E-state index is -0.610. The van der Waals surface area contributed by atoms with Gasteiger partial charge in [0.25, 0.3) is 0 Å². The van der Waals surface area contributed by atoms with E-state index in [9.17, 15) is 0 Å². The SMILES string of the molecule is c1ccc(-c2ccc(-c3ccccc3N(c3ccc4c(c3)C3(c5ccccc5-4)c4ccccc4-n4c5ccccc5c5cccc3c54)c3ccccc3-c3ccccc3-c3cccc4ccccc34)cc2)cc1. The highest BCUT2D eigenvalue weighted by molar-refractivity contribution is 6.13. The highest BCUT2D eigenvalue weighted by atomic mass is 15.1. The van der Waals surface area contributed by atoms with Gasteiger partial charge < -0.3 is 9.47 Å². The molecule has 0 bridgehead atoms. The van der Waals surface area contributed by atoms with E-state index in [1.807, 2.05) is 0 Å². The Morgan fingerprint density at radius 1 is 0.288 bits per heavy atom. The average molecular weight is 927 g/mol. The number of nitrogens with zero attached hydrogens (tertiary/aromatic N) is 2. The summed E-state index contributed by atoms with van der Waals surface area (Å²) in [6, 6.07) is 104. The van der Waals surface area contributed by atoms with Gasteiger partial charge in [0.2, 0.25) is 0 Å². The van der Waals surface area contributed by atoms with Gasteiger partial charge in [0.1, 0.15) is 0 Å². The summed E-state index contributed by atoms with van der Waals surface area (Å²) in [5.74, 6) is 0. The first kappa shape index (κ1) is 41.3. The van der Waals surface area contributed by atoms with E-state index < -0.39 is 5.41 Å². The van der Waals surface area contributed by atoms with Crippen molar-refractivity contribution in [3.63, 3.8) is 0 Å². The van der Waals surface area contributed by atoms with Crippen molar-refractivity contribution in [2.75, 3.05) is 4.90 Å². The molecule has 0 N–H and O–H groups in total. The Hall–Kier alpha value is -9.50. The second kappa shape index (κ2) is 16.3. The lowest BCUT2D eigenvalue weighted by Gasteiger charge is -2.40. The third kappa shape index (κ3) is 6.05. The van der Waals surface area contributed by atoms with Crippen LogP contribution in [0, 0.1) is 0 Å². The van der Waals surface area contributed by atoms with Crippen LogP contribution in [-0.2, 0) is 5.41 Å². The van der Waals surface area contributed by atoms with E-state index in [1.54, 1.807) is 0 Å². The molecule has 0 amide bonds. The van der Waals surface area contributed by atoms with E-state index >= 15 is 0 Å². The molecule has 340 valence electrons. The fourth-order valence-electron chi connectivity index (χ4n) is 12.8. The van der Waals surface area contributed by atoms with Crippen molar-refractivity contribution in [3.05, 3.63) is 301 Å². The quantitative estimate of drug-likeness (QED) is 0.155. The summed E-state index contributed by atoms with van der Waals surface area (Å²) < 4.78 is 2.53. The van der Waals surface area contributed by atoms with Crippen molar-refractivity contribution in [1.82, 2.24) is 4.57 Å². The molecule has 0 saturated heterocycles. The van der Waals surface area contributed by atoms with Gasteiger partial charge in [-0.1, -0.05) is 243 Å². The van der Waals surface area contributed by atoms with Crippen molar-refractivity contribution < 1.29 is 0 Å². The Balaban J connectivity index is 1.01. The molecular weight excluding hydrogens is 881 g/mol. The fourth-order valence-corrected chi connectivity index (χ4v) is 12.8. The average Bonchev–Trinajstić information content (AvgIpc) is 3.96. The molecular formula is C71H46N2. The van der Waals surface area contributed by atoms with Crippen LogP contribution in [0.2, 0.25) is 0 Å². The largest absolute Gasteiger partial charge is 0.309 e. The van der Waals surface area contributed by atoms with E-state index in [-0.39, 0.29) is 0 Å². The third-order valence-electron chi connectivity index (χ3n) is 15.8. The lowest BCUT2D eigenvalue weighted by Crippen LogP contribution is -2.33. The lowest BCUT2D eigenvalue weighted by atomic mass is 9.65. The standard InChI is InChI=1S/C71H46N2/c1-2-20-47(21-3-1)48-40-42-50(43-41-48)53-25-9-14-36-66(53)72(67-37-15-10-29-59(67)56-27-7-6-26-55(56)54-31-18-23-49-22-4-5-24-52(49)54)51-44-45-58-57-28-8-12-33-62(57)71(65(58)46-51)63-34-13-17-39-69(63)73-68-38-16-11-30-60(68)61-32-19-35-64(71)70(61)73/h1-46H. The van der Waals surface area contributed by atoms with Crippen molar-refractivity contribution in [1.29, 1.82) is 0 Å². The summed E-state index contributed by atoms with van der Waals surface area (Å²) in [4.78, 5) is 2.54. The smallest absolute Gasteiger partial charge is 0.0755 e. The van der Waals surface area contributed by atoms with Crippen LogP contribution in [0.3, 0.4) is 0 Å². The van der Waals surface area contributed by atoms with E-state index in [2.05, 4.69) is 289 Å². The Morgan fingerprint density at radius 2 is 0.808 bits per heavy atom. The van der Waals surface area contributed by atoms with Crippen LogP contribution >= 0.6 is 0 Å². The molecule has 1 aliphatic carbocycles. The maximum Gasteiger partial charge on any atom is 0.0755 e. The number of rotatable bonds is 7. The summed E-state index contributed by atoms with van der Waals surface area (Å²) in [5.41, 5.74) is 23.5. The van der Waals surface area contributed by atoms with Crippen LogP contribution in [0.5, 0.6) is 0 Å². The summed E-state index contributed by atoms with van der Waals surface area (Å²) in [6.45, 7) is 0. The molecule has 2 heterocycles. The molecule has 15 rings (SSSR count). The molecule has 12 aromatic carbocycles. The van der Waals surface area contributed by atoms with Crippen LogP contribution in [0.4, 0.5) is 17.1 Å². The number of anilines is 3. The fraction of sp³-hybridized carbons (Fsp3) is 0.0141. The molecule has 0 saturated carbocycles. The molecule has 13 aromatic rings. The predicted octanol–water partition coefficient (Wildman–Crippen LogP) is 18.8. The molecule has 1 aromatic heterocycles.